The Kier molecular flexibility index (Phi) is 4.97. The Morgan fingerprint density at radius 3 is 3.09 bits per heavy atom. The Hall–Kier alpha value is -1.86. The first-order valence-corrected chi connectivity index (χ1v) is 8.58. The van der Waals surface area contributed by atoms with E-state index in [1.165, 1.54) is 11.1 Å². The molecule has 2 heterocycles. The van der Waals surface area contributed by atoms with E-state index >= 15 is 0 Å². The van der Waals surface area contributed by atoms with Crippen molar-refractivity contribution in [3.63, 3.8) is 0 Å². The number of aromatic nitrogens is 3. The molecule has 0 unspecified atom stereocenters. The zero-order valence-corrected chi connectivity index (χ0v) is 14.1. The number of carbonyl (C=O) groups excluding carboxylic acids is 1. The van der Waals surface area contributed by atoms with Crippen molar-refractivity contribution in [1.29, 1.82) is 0 Å². The molecule has 1 aromatic carbocycles. The number of nitrogens with zero attached hydrogens (tertiary/aromatic N) is 4. The van der Waals surface area contributed by atoms with Crippen LogP contribution in [0.5, 0.6) is 0 Å². The molecule has 1 aliphatic rings. The summed E-state index contributed by atoms with van der Waals surface area (Å²) in [6.07, 6.45) is 1.93. The first-order valence-electron chi connectivity index (χ1n) is 7.53. The first-order chi connectivity index (χ1) is 11.2. The average Bonchev–Trinajstić information content (AvgIpc) is 3.12. The summed E-state index contributed by atoms with van der Waals surface area (Å²) < 4.78 is 6.91. The van der Waals surface area contributed by atoms with Gasteiger partial charge in [-0.05, 0) is 12.5 Å². The maximum absolute atomic E-state index is 12.0. The lowest BCUT2D eigenvalue weighted by Crippen LogP contribution is -2.31. The van der Waals surface area contributed by atoms with Crippen molar-refractivity contribution in [3.05, 3.63) is 47.3 Å². The number of hydrogen-bond donors (Lipinski definition) is 0. The van der Waals surface area contributed by atoms with Crippen molar-refractivity contribution in [2.45, 2.75) is 18.8 Å². The Morgan fingerprint density at radius 2 is 2.30 bits per heavy atom. The largest absolute Gasteiger partial charge is 0.383 e. The van der Waals surface area contributed by atoms with E-state index < -0.39 is 0 Å². The van der Waals surface area contributed by atoms with Crippen molar-refractivity contribution in [2.24, 2.45) is 0 Å². The van der Waals surface area contributed by atoms with Gasteiger partial charge in [-0.15, -0.1) is 16.9 Å². The van der Waals surface area contributed by atoms with E-state index in [0.29, 0.717) is 25.4 Å². The van der Waals surface area contributed by atoms with E-state index in [9.17, 15) is 4.79 Å². The third kappa shape index (κ3) is 3.73. The predicted molar refractivity (Wildman–Crippen MR) is 89.1 cm³/mol. The first kappa shape index (κ1) is 16.0. The van der Waals surface area contributed by atoms with Crippen molar-refractivity contribution < 1.29 is 9.53 Å². The van der Waals surface area contributed by atoms with E-state index in [-0.39, 0.29) is 11.3 Å². The van der Waals surface area contributed by atoms with Crippen molar-refractivity contribution in [2.75, 3.05) is 26.0 Å². The van der Waals surface area contributed by atoms with E-state index in [4.69, 9.17) is 4.74 Å². The molecule has 7 heteroatoms. The van der Waals surface area contributed by atoms with Crippen LogP contribution in [-0.2, 0) is 16.1 Å². The van der Waals surface area contributed by atoms with Gasteiger partial charge >= 0.3 is 0 Å². The quantitative estimate of drug-likeness (QED) is 0.808. The number of carbonyl (C=O) groups is 1. The fourth-order valence-electron chi connectivity index (χ4n) is 2.63. The minimum atomic E-state index is -0.0658. The molecule has 0 radical (unpaired) electrons. The molecule has 1 fully saturated rings. The number of benzene rings is 1. The SMILES string of the molecule is COCCN1C(=O)CS[C@H]1c1cn(Cc2cccc(C)c2)nn1. The lowest BCUT2D eigenvalue weighted by molar-refractivity contribution is -0.128. The van der Waals surface area contributed by atoms with Crippen LogP contribution in [0.1, 0.15) is 22.2 Å². The third-order valence-electron chi connectivity index (χ3n) is 3.74. The fourth-order valence-corrected chi connectivity index (χ4v) is 3.78. The zero-order chi connectivity index (χ0) is 16.2. The molecule has 1 aromatic heterocycles. The van der Waals surface area contributed by atoms with Gasteiger partial charge < -0.3 is 9.64 Å². The lowest BCUT2D eigenvalue weighted by Gasteiger charge is -2.21. The van der Waals surface area contributed by atoms with Crippen LogP contribution in [0.3, 0.4) is 0 Å². The molecular weight excluding hydrogens is 312 g/mol. The second-order valence-corrected chi connectivity index (χ2v) is 6.64. The number of thioether (sulfide) groups is 1. The van der Waals surface area contributed by atoms with Crippen LogP contribution in [0.2, 0.25) is 0 Å². The number of hydrogen-bond acceptors (Lipinski definition) is 5. The summed E-state index contributed by atoms with van der Waals surface area (Å²) in [6, 6.07) is 8.33. The molecule has 1 atom stereocenters. The fraction of sp³-hybridized carbons (Fsp3) is 0.438. The number of amides is 1. The van der Waals surface area contributed by atoms with E-state index in [1.807, 2.05) is 21.8 Å². The van der Waals surface area contributed by atoms with Crippen molar-refractivity contribution in [3.8, 4) is 0 Å². The van der Waals surface area contributed by atoms with E-state index in [1.54, 1.807) is 18.9 Å². The van der Waals surface area contributed by atoms with Crippen LogP contribution < -0.4 is 0 Å². The van der Waals surface area contributed by atoms with Gasteiger partial charge in [-0.3, -0.25) is 4.79 Å². The summed E-state index contributed by atoms with van der Waals surface area (Å²) >= 11 is 1.59. The molecule has 1 aliphatic heterocycles. The number of rotatable bonds is 6. The van der Waals surface area contributed by atoms with Gasteiger partial charge in [0, 0.05) is 13.7 Å². The molecule has 23 heavy (non-hydrogen) atoms. The van der Waals surface area contributed by atoms with Crippen LogP contribution in [0, 0.1) is 6.92 Å². The maximum atomic E-state index is 12.0. The predicted octanol–water partition coefficient (Wildman–Crippen LogP) is 1.86. The lowest BCUT2D eigenvalue weighted by atomic mass is 10.1. The topological polar surface area (TPSA) is 60.2 Å². The highest BCUT2D eigenvalue weighted by Crippen LogP contribution is 2.37. The summed E-state index contributed by atoms with van der Waals surface area (Å²) in [5, 5.41) is 8.41. The summed E-state index contributed by atoms with van der Waals surface area (Å²) in [4.78, 5) is 13.8. The monoisotopic (exact) mass is 332 g/mol. The molecule has 0 N–H and O–H groups in total. The molecule has 0 bridgehead atoms. The molecule has 1 amide bonds. The summed E-state index contributed by atoms with van der Waals surface area (Å²) in [7, 11) is 1.64. The van der Waals surface area contributed by atoms with Crippen LogP contribution in [0.25, 0.3) is 0 Å². The average molecular weight is 332 g/mol. The van der Waals surface area contributed by atoms with Gasteiger partial charge in [0.2, 0.25) is 5.91 Å². The Labute approximate surface area is 139 Å². The molecule has 2 aromatic rings. The summed E-state index contributed by atoms with van der Waals surface area (Å²) in [6.45, 7) is 3.86. The molecule has 0 aliphatic carbocycles. The maximum Gasteiger partial charge on any atom is 0.233 e. The minimum absolute atomic E-state index is 0.0658. The molecule has 122 valence electrons. The number of ether oxygens (including phenoxy) is 1. The second kappa shape index (κ2) is 7.14. The van der Waals surface area contributed by atoms with Crippen molar-refractivity contribution in [1.82, 2.24) is 19.9 Å². The second-order valence-electron chi connectivity index (χ2n) is 5.57. The normalized spacial score (nSPS) is 17.9. The summed E-state index contributed by atoms with van der Waals surface area (Å²) in [5.41, 5.74) is 3.24. The van der Waals surface area contributed by atoms with E-state index in [2.05, 4.69) is 35.4 Å². The Balaban J connectivity index is 1.72. The van der Waals surface area contributed by atoms with Crippen molar-refractivity contribution >= 4 is 17.7 Å². The van der Waals surface area contributed by atoms with Crippen LogP contribution in [0.15, 0.2) is 30.5 Å². The number of methoxy groups -OCH3 is 1. The van der Waals surface area contributed by atoms with Gasteiger partial charge in [-0.2, -0.15) is 0 Å². The van der Waals surface area contributed by atoms with Crippen LogP contribution in [0.4, 0.5) is 0 Å². The van der Waals surface area contributed by atoms with Gasteiger partial charge in [0.05, 0.1) is 25.1 Å². The Morgan fingerprint density at radius 1 is 1.43 bits per heavy atom. The standard InChI is InChI=1S/C16H20N4O2S/c1-12-4-3-5-13(8-12)9-19-10-14(17-18-19)16-20(6-7-22-2)15(21)11-23-16/h3-5,8,10,16H,6-7,9,11H2,1-2H3/t16-/m0/s1. The highest BCUT2D eigenvalue weighted by Gasteiger charge is 2.34. The van der Waals surface area contributed by atoms with Crippen LogP contribution >= 0.6 is 11.8 Å². The van der Waals surface area contributed by atoms with Gasteiger partial charge in [-0.1, -0.05) is 35.0 Å². The van der Waals surface area contributed by atoms with Gasteiger partial charge in [0.15, 0.2) is 0 Å². The third-order valence-corrected chi connectivity index (χ3v) is 4.97. The number of aryl methyl sites for hydroxylation is 1. The van der Waals surface area contributed by atoms with Gasteiger partial charge in [0.25, 0.3) is 0 Å². The minimum Gasteiger partial charge on any atom is -0.383 e. The molecule has 6 nitrogen and oxygen atoms in total. The molecular formula is C16H20N4O2S. The van der Waals surface area contributed by atoms with Gasteiger partial charge in [-0.25, -0.2) is 4.68 Å². The molecule has 3 rings (SSSR count). The molecule has 0 spiro atoms. The van der Waals surface area contributed by atoms with Gasteiger partial charge in [0.1, 0.15) is 11.1 Å². The zero-order valence-electron chi connectivity index (χ0n) is 13.3. The summed E-state index contributed by atoms with van der Waals surface area (Å²) in [5.74, 6) is 0.615. The smallest absolute Gasteiger partial charge is 0.233 e. The highest BCUT2D eigenvalue weighted by atomic mass is 32.2. The molecule has 1 saturated heterocycles. The highest BCUT2D eigenvalue weighted by molar-refractivity contribution is 8.00. The molecule has 0 saturated carbocycles. The van der Waals surface area contributed by atoms with Crippen LogP contribution in [-0.4, -0.2) is 51.8 Å². The Bertz CT molecular complexity index is 688. The van der Waals surface area contributed by atoms with E-state index in [0.717, 1.165) is 5.69 Å².